The van der Waals surface area contributed by atoms with Gasteiger partial charge >= 0.3 is 0 Å². The zero-order valence-electron chi connectivity index (χ0n) is 19.4. The molecule has 0 saturated carbocycles. The second-order valence-electron chi connectivity index (χ2n) is 7.84. The Morgan fingerprint density at radius 2 is 1.47 bits per heavy atom. The second kappa shape index (κ2) is 11.8. The maximum Gasteiger partial charge on any atom is 0.270 e. The molecule has 38 heavy (non-hydrogen) atoms. The molecule has 0 saturated heterocycles. The van der Waals surface area contributed by atoms with E-state index in [1.54, 1.807) is 12.1 Å². The van der Waals surface area contributed by atoms with Crippen LogP contribution in [0.1, 0.15) is 0 Å². The van der Waals surface area contributed by atoms with E-state index in [0.717, 1.165) is 28.2 Å². The Balaban J connectivity index is 0.000000178. The smallest absolute Gasteiger partial charge is 0.270 e. The standard InChI is InChI=1S/C15H10N.C13H6N3O4S.Ir/c1-2-7-13(8-3-1)15-14-9-5-4-6-12(14)10-11-16-15;17-15(18)9-3-1-8(2-4-9)13-11-6-5-10(16(19)20)7-12(11)21-14-13;/h1-7,9-11H;1,3-7H;/q2*-1;. The molecule has 189 valence electrons. The van der Waals surface area contributed by atoms with Crippen LogP contribution in [-0.4, -0.2) is 19.2 Å². The van der Waals surface area contributed by atoms with Crippen LogP contribution in [0, 0.1) is 32.4 Å². The molecule has 2 aromatic heterocycles. The number of rotatable bonds is 4. The summed E-state index contributed by atoms with van der Waals surface area (Å²) in [5.41, 5.74) is 3.22. The van der Waals surface area contributed by atoms with Gasteiger partial charge < -0.3 is 4.98 Å². The van der Waals surface area contributed by atoms with Crippen LogP contribution in [0.2, 0.25) is 0 Å². The van der Waals surface area contributed by atoms with Crippen molar-refractivity contribution in [2.45, 2.75) is 0 Å². The minimum Gasteiger partial charge on any atom is -0.304 e. The molecule has 0 unspecified atom stereocenters. The number of nitro benzene ring substituents is 2. The van der Waals surface area contributed by atoms with Gasteiger partial charge in [-0.1, -0.05) is 42.5 Å². The largest absolute Gasteiger partial charge is 0.304 e. The van der Waals surface area contributed by atoms with Crippen LogP contribution in [0.4, 0.5) is 11.4 Å². The van der Waals surface area contributed by atoms with Crippen molar-refractivity contribution in [1.82, 2.24) is 9.36 Å². The van der Waals surface area contributed by atoms with Gasteiger partial charge in [0.2, 0.25) is 0 Å². The van der Waals surface area contributed by atoms with Crippen LogP contribution in [0.3, 0.4) is 0 Å². The van der Waals surface area contributed by atoms with E-state index in [1.165, 1.54) is 35.0 Å². The number of aromatic nitrogens is 2. The topological polar surface area (TPSA) is 112 Å². The minimum atomic E-state index is -0.497. The molecule has 0 fully saturated rings. The van der Waals surface area contributed by atoms with E-state index in [2.05, 4.69) is 33.6 Å². The summed E-state index contributed by atoms with van der Waals surface area (Å²) in [5, 5.41) is 24.5. The predicted octanol–water partition coefficient (Wildman–Crippen LogP) is 7.28. The van der Waals surface area contributed by atoms with E-state index >= 15 is 0 Å². The van der Waals surface area contributed by atoms with Gasteiger partial charge in [0.1, 0.15) is 0 Å². The maximum atomic E-state index is 10.7. The predicted molar refractivity (Wildman–Crippen MR) is 143 cm³/mol. The first-order valence-electron chi connectivity index (χ1n) is 11.0. The number of nitrogens with zero attached hydrogens (tertiary/aromatic N) is 4. The third kappa shape index (κ3) is 5.63. The minimum absolute atomic E-state index is 0. The van der Waals surface area contributed by atoms with E-state index in [9.17, 15) is 20.2 Å². The summed E-state index contributed by atoms with van der Waals surface area (Å²) >= 11 is 1.14. The molecule has 8 nitrogen and oxygen atoms in total. The fraction of sp³-hybridized carbons (Fsp3) is 0. The maximum absolute atomic E-state index is 10.7. The van der Waals surface area contributed by atoms with E-state index in [-0.39, 0.29) is 31.5 Å². The van der Waals surface area contributed by atoms with Crippen LogP contribution < -0.4 is 0 Å². The van der Waals surface area contributed by atoms with Gasteiger partial charge in [-0.05, 0) is 39.5 Å². The fourth-order valence-electron chi connectivity index (χ4n) is 3.79. The van der Waals surface area contributed by atoms with Crippen molar-refractivity contribution in [3.8, 4) is 22.5 Å². The number of hydrogen-bond acceptors (Lipinski definition) is 7. The Morgan fingerprint density at radius 1 is 0.737 bits per heavy atom. The van der Waals surface area contributed by atoms with E-state index in [0.29, 0.717) is 16.0 Å². The van der Waals surface area contributed by atoms with Crippen LogP contribution in [0.25, 0.3) is 43.4 Å². The average Bonchev–Trinajstić information content (AvgIpc) is 3.37. The summed E-state index contributed by atoms with van der Waals surface area (Å²) in [7, 11) is 0. The molecule has 0 atom stereocenters. The van der Waals surface area contributed by atoms with Crippen molar-refractivity contribution in [2.75, 3.05) is 0 Å². The summed E-state index contributed by atoms with van der Waals surface area (Å²) in [5.74, 6) is 0. The van der Waals surface area contributed by atoms with Crippen LogP contribution in [0.5, 0.6) is 0 Å². The summed E-state index contributed by atoms with van der Waals surface area (Å²) in [6, 6.07) is 33.0. The quantitative estimate of drug-likeness (QED) is 0.109. The van der Waals surface area contributed by atoms with Gasteiger partial charge in [-0.2, -0.15) is 0 Å². The van der Waals surface area contributed by atoms with Gasteiger partial charge in [-0.25, -0.2) is 4.37 Å². The summed E-state index contributed by atoms with van der Waals surface area (Å²) in [6.07, 6.45) is 1.85. The van der Waals surface area contributed by atoms with Crippen LogP contribution >= 0.6 is 11.5 Å². The van der Waals surface area contributed by atoms with Crippen molar-refractivity contribution in [1.29, 1.82) is 0 Å². The third-order valence-electron chi connectivity index (χ3n) is 5.57. The van der Waals surface area contributed by atoms with Crippen molar-refractivity contribution in [2.24, 2.45) is 0 Å². The van der Waals surface area contributed by atoms with Crippen molar-refractivity contribution < 1.29 is 30.0 Å². The summed E-state index contributed by atoms with van der Waals surface area (Å²) in [4.78, 5) is 24.9. The normalized spacial score (nSPS) is 10.3. The Hall–Kier alpha value is -4.37. The molecular formula is C28H16IrN4O4S-2. The number of non-ortho nitro benzene ring substituents is 2. The molecule has 0 aliphatic carbocycles. The number of nitro groups is 2. The Morgan fingerprint density at radius 3 is 2.18 bits per heavy atom. The molecule has 0 bridgehead atoms. The van der Waals surface area contributed by atoms with Gasteiger partial charge in [0, 0.05) is 49.1 Å². The van der Waals surface area contributed by atoms with Gasteiger partial charge in [0.05, 0.1) is 9.62 Å². The second-order valence-corrected chi connectivity index (χ2v) is 8.65. The Kier molecular flexibility index (Phi) is 8.28. The summed E-state index contributed by atoms with van der Waals surface area (Å²) in [6.45, 7) is 0. The third-order valence-corrected chi connectivity index (χ3v) is 6.37. The molecule has 1 radical (unpaired) electrons. The van der Waals surface area contributed by atoms with E-state index < -0.39 is 9.85 Å². The zero-order chi connectivity index (χ0) is 25.8. The van der Waals surface area contributed by atoms with Gasteiger partial charge in [-0.15, -0.1) is 53.6 Å². The van der Waals surface area contributed by atoms with Crippen molar-refractivity contribution in [3.05, 3.63) is 130 Å². The molecule has 0 aliphatic rings. The van der Waals surface area contributed by atoms with Gasteiger partial charge in [0.15, 0.2) is 5.69 Å². The Bertz CT molecular complexity index is 1740. The molecule has 2 heterocycles. The summed E-state index contributed by atoms with van der Waals surface area (Å²) < 4.78 is 4.94. The van der Waals surface area contributed by atoms with E-state index in [4.69, 9.17) is 0 Å². The van der Waals surface area contributed by atoms with Crippen molar-refractivity contribution in [3.63, 3.8) is 0 Å². The molecule has 0 spiro atoms. The molecule has 4 aromatic carbocycles. The SMILES string of the molecule is O=[N+]([O-])c1c[c-]c(-c2nsc3cc([N+](=O)[O-])ccc23)cc1.[Ir].[c-]1ccccc1-c1nccc2ccccc12. The number of pyridine rings is 1. The average molecular weight is 697 g/mol. The molecule has 0 aliphatic heterocycles. The first kappa shape index (κ1) is 26.7. The molecule has 0 amide bonds. The molecule has 0 N–H and O–H groups in total. The molecule has 6 rings (SSSR count). The van der Waals surface area contributed by atoms with E-state index in [1.807, 2.05) is 48.7 Å². The Labute approximate surface area is 234 Å². The number of benzene rings is 4. The van der Waals surface area contributed by atoms with Crippen LogP contribution in [-0.2, 0) is 20.1 Å². The first-order chi connectivity index (χ1) is 18.0. The van der Waals surface area contributed by atoms with Gasteiger partial charge in [0.25, 0.3) is 5.69 Å². The van der Waals surface area contributed by atoms with Crippen LogP contribution in [0.15, 0.2) is 97.2 Å². The monoisotopic (exact) mass is 697 g/mol. The number of fused-ring (bicyclic) bond motifs is 2. The molecular weight excluding hydrogens is 681 g/mol. The zero-order valence-corrected chi connectivity index (χ0v) is 22.6. The fourth-order valence-corrected chi connectivity index (χ4v) is 4.61. The van der Waals surface area contributed by atoms with Crippen molar-refractivity contribution >= 4 is 43.8 Å². The number of hydrogen-bond donors (Lipinski definition) is 0. The first-order valence-corrected chi connectivity index (χ1v) is 11.8. The molecule has 6 aromatic rings. The molecule has 10 heteroatoms. The van der Waals surface area contributed by atoms with Gasteiger partial charge in [-0.3, -0.25) is 20.2 Å².